The lowest BCUT2D eigenvalue weighted by atomic mass is 9.97. The standard InChI is InChI=1S/C25H23NO4S/c1-25(2,14-26)30-19-10-5-15(6-11-19)23(29)22-20-12-9-18(28)13-21(20)31-24(22)16-3-7-17(27)8-4-16/h3-13,27-28H,14,26H2,1-2H3. The molecule has 0 unspecified atom stereocenters. The first kappa shape index (κ1) is 20.9. The fourth-order valence-corrected chi connectivity index (χ4v) is 4.54. The molecular weight excluding hydrogens is 410 g/mol. The second kappa shape index (κ2) is 8.06. The number of hydrogen-bond acceptors (Lipinski definition) is 6. The Bertz CT molecular complexity index is 1240. The fraction of sp³-hybridized carbons (Fsp3) is 0.160. The van der Waals surface area contributed by atoms with Crippen molar-refractivity contribution in [3.05, 3.63) is 77.9 Å². The van der Waals surface area contributed by atoms with Crippen LogP contribution in [0.5, 0.6) is 17.2 Å². The van der Waals surface area contributed by atoms with E-state index in [1.807, 2.05) is 13.8 Å². The zero-order valence-corrected chi connectivity index (χ0v) is 18.1. The summed E-state index contributed by atoms with van der Waals surface area (Å²) >= 11 is 1.43. The lowest BCUT2D eigenvalue weighted by Crippen LogP contribution is -2.37. The number of thiophene rings is 1. The first-order valence-corrected chi connectivity index (χ1v) is 10.7. The van der Waals surface area contributed by atoms with E-state index in [4.69, 9.17) is 10.5 Å². The Morgan fingerprint density at radius 1 is 0.968 bits per heavy atom. The molecule has 0 aliphatic rings. The number of phenols is 2. The van der Waals surface area contributed by atoms with E-state index in [-0.39, 0.29) is 17.3 Å². The summed E-state index contributed by atoms with van der Waals surface area (Å²) in [4.78, 5) is 14.3. The highest BCUT2D eigenvalue weighted by molar-refractivity contribution is 7.22. The van der Waals surface area contributed by atoms with Crippen molar-refractivity contribution in [3.8, 4) is 27.7 Å². The Labute approximate surface area is 184 Å². The number of rotatable bonds is 6. The van der Waals surface area contributed by atoms with Gasteiger partial charge in [-0.3, -0.25) is 4.79 Å². The van der Waals surface area contributed by atoms with Crippen LogP contribution in [0.2, 0.25) is 0 Å². The van der Waals surface area contributed by atoms with E-state index in [1.54, 1.807) is 66.7 Å². The molecule has 0 saturated carbocycles. The number of fused-ring (bicyclic) bond motifs is 1. The Morgan fingerprint density at radius 2 is 1.61 bits per heavy atom. The number of nitrogens with two attached hydrogens (primary N) is 1. The molecule has 0 aliphatic carbocycles. The molecule has 4 aromatic rings. The van der Waals surface area contributed by atoms with Crippen molar-refractivity contribution in [3.63, 3.8) is 0 Å². The topological polar surface area (TPSA) is 92.8 Å². The van der Waals surface area contributed by atoms with Gasteiger partial charge in [-0.1, -0.05) is 0 Å². The number of benzene rings is 3. The second-order valence-corrected chi connectivity index (χ2v) is 9.01. The van der Waals surface area contributed by atoms with Gasteiger partial charge in [-0.2, -0.15) is 0 Å². The van der Waals surface area contributed by atoms with Crippen LogP contribution in [0.15, 0.2) is 66.7 Å². The Morgan fingerprint density at radius 3 is 2.26 bits per heavy atom. The number of ketones is 1. The molecule has 5 nitrogen and oxygen atoms in total. The van der Waals surface area contributed by atoms with Crippen LogP contribution in [0.3, 0.4) is 0 Å². The third-order valence-electron chi connectivity index (χ3n) is 5.03. The van der Waals surface area contributed by atoms with Gasteiger partial charge >= 0.3 is 0 Å². The zero-order chi connectivity index (χ0) is 22.2. The van der Waals surface area contributed by atoms with Crippen LogP contribution in [-0.4, -0.2) is 28.1 Å². The van der Waals surface area contributed by atoms with Crippen molar-refractivity contribution in [1.82, 2.24) is 0 Å². The lowest BCUT2D eigenvalue weighted by molar-refractivity contribution is 0.104. The molecule has 4 rings (SSSR count). The first-order chi connectivity index (χ1) is 14.8. The molecular formula is C25H23NO4S. The minimum absolute atomic E-state index is 0.121. The maximum Gasteiger partial charge on any atom is 0.195 e. The fourth-order valence-electron chi connectivity index (χ4n) is 3.31. The first-order valence-electron chi connectivity index (χ1n) is 9.86. The van der Waals surface area contributed by atoms with Crippen molar-refractivity contribution in [1.29, 1.82) is 0 Å². The second-order valence-electron chi connectivity index (χ2n) is 7.95. The smallest absolute Gasteiger partial charge is 0.195 e. The lowest BCUT2D eigenvalue weighted by Gasteiger charge is -2.24. The molecule has 0 spiro atoms. The molecule has 0 atom stereocenters. The number of ether oxygens (including phenoxy) is 1. The third kappa shape index (κ3) is 4.26. The van der Waals surface area contributed by atoms with Crippen LogP contribution in [0.1, 0.15) is 29.8 Å². The van der Waals surface area contributed by atoms with E-state index in [0.29, 0.717) is 23.4 Å². The quantitative estimate of drug-likeness (QED) is 0.358. The molecule has 6 heteroatoms. The van der Waals surface area contributed by atoms with Crippen molar-refractivity contribution < 1.29 is 19.7 Å². The highest BCUT2D eigenvalue weighted by Gasteiger charge is 2.22. The summed E-state index contributed by atoms with van der Waals surface area (Å²) in [6.07, 6.45) is 0. The van der Waals surface area contributed by atoms with Gasteiger partial charge in [0.2, 0.25) is 0 Å². The maximum atomic E-state index is 13.6. The molecule has 0 radical (unpaired) electrons. The molecule has 0 fully saturated rings. The molecule has 0 saturated heterocycles. The summed E-state index contributed by atoms with van der Waals surface area (Å²) in [5.41, 5.74) is 7.16. The van der Waals surface area contributed by atoms with Crippen molar-refractivity contribution >= 4 is 27.2 Å². The Kier molecular flexibility index (Phi) is 5.43. The largest absolute Gasteiger partial charge is 0.508 e. The summed E-state index contributed by atoms with van der Waals surface area (Å²) in [5, 5.41) is 20.3. The van der Waals surface area contributed by atoms with E-state index in [1.165, 1.54) is 11.3 Å². The van der Waals surface area contributed by atoms with Crippen LogP contribution < -0.4 is 10.5 Å². The van der Waals surface area contributed by atoms with Crippen LogP contribution >= 0.6 is 11.3 Å². The average molecular weight is 434 g/mol. The molecule has 158 valence electrons. The summed E-state index contributed by atoms with van der Waals surface area (Å²) < 4.78 is 6.69. The van der Waals surface area contributed by atoms with Crippen molar-refractivity contribution in [2.75, 3.05) is 6.54 Å². The molecule has 31 heavy (non-hydrogen) atoms. The van der Waals surface area contributed by atoms with Crippen LogP contribution in [0.25, 0.3) is 20.5 Å². The monoisotopic (exact) mass is 433 g/mol. The number of hydrogen-bond donors (Lipinski definition) is 3. The molecule has 0 aliphatic heterocycles. The number of aromatic hydroxyl groups is 2. The van der Waals surface area contributed by atoms with E-state index < -0.39 is 5.60 Å². The van der Waals surface area contributed by atoms with Gasteiger partial charge in [-0.15, -0.1) is 11.3 Å². The highest BCUT2D eigenvalue weighted by atomic mass is 32.1. The number of carbonyl (C=O) groups excluding carboxylic acids is 1. The van der Waals surface area contributed by atoms with Gasteiger partial charge in [0, 0.05) is 32.6 Å². The predicted octanol–water partition coefficient (Wildman–Crippen LogP) is 5.33. The molecule has 1 heterocycles. The van der Waals surface area contributed by atoms with Gasteiger partial charge in [0.25, 0.3) is 0 Å². The minimum atomic E-state index is -0.497. The van der Waals surface area contributed by atoms with Gasteiger partial charge in [-0.25, -0.2) is 0 Å². The van der Waals surface area contributed by atoms with E-state index in [2.05, 4.69) is 0 Å². The normalized spacial score (nSPS) is 11.6. The van der Waals surface area contributed by atoms with E-state index in [0.717, 1.165) is 20.5 Å². The Balaban J connectivity index is 1.78. The summed E-state index contributed by atoms with van der Waals surface area (Å²) in [7, 11) is 0. The zero-order valence-electron chi connectivity index (χ0n) is 17.3. The molecule has 0 bridgehead atoms. The van der Waals surface area contributed by atoms with Crippen molar-refractivity contribution in [2.45, 2.75) is 19.4 Å². The summed E-state index contributed by atoms with van der Waals surface area (Å²) in [6, 6.07) is 18.8. The minimum Gasteiger partial charge on any atom is -0.508 e. The van der Waals surface area contributed by atoms with Gasteiger partial charge < -0.3 is 20.7 Å². The number of carbonyl (C=O) groups is 1. The third-order valence-corrected chi connectivity index (χ3v) is 6.23. The molecule has 0 amide bonds. The van der Waals surface area contributed by atoms with E-state index in [9.17, 15) is 15.0 Å². The van der Waals surface area contributed by atoms with Gasteiger partial charge in [0.1, 0.15) is 22.8 Å². The predicted molar refractivity (Wildman–Crippen MR) is 124 cm³/mol. The van der Waals surface area contributed by atoms with Gasteiger partial charge in [0.15, 0.2) is 5.78 Å². The van der Waals surface area contributed by atoms with Crippen LogP contribution in [-0.2, 0) is 0 Å². The van der Waals surface area contributed by atoms with Crippen LogP contribution in [0.4, 0.5) is 0 Å². The molecule has 3 aromatic carbocycles. The summed E-state index contributed by atoms with van der Waals surface area (Å²) in [6.45, 7) is 4.18. The number of phenolic OH excluding ortho intramolecular Hbond substituents is 2. The average Bonchev–Trinajstić information content (AvgIpc) is 3.12. The highest BCUT2D eigenvalue weighted by Crippen LogP contribution is 2.41. The van der Waals surface area contributed by atoms with E-state index >= 15 is 0 Å². The SMILES string of the molecule is CC(C)(CN)Oc1ccc(C(=O)c2c(-c3ccc(O)cc3)sc3cc(O)ccc23)cc1. The summed E-state index contributed by atoms with van der Waals surface area (Å²) in [5.74, 6) is 0.830. The molecule has 4 N–H and O–H groups in total. The Hall–Kier alpha value is -3.35. The molecule has 1 aromatic heterocycles. The van der Waals surface area contributed by atoms with Gasteiger partial charge in [0.05, 0.1) is 0 Å². The van der Waals surface area contributed by atoms with Crippen molar-refractivity contribution in [2.24, 2.45) is 5.73 Å². The maximum absolute atomic E-state index is 13.6. The van der Waals surface area contributed by atoms with Crippen LogP contribution in [0, 0.1) is 0 Å². The van der Waals surface area contributed by atoms with Gasteiger partial charge in [-0.05, 0) is 86.1 Å².